The zero-order chi connectivity index (χ0) is 15.0. The summed E-state index contributed by atoms with van der Waals surface area (Å²) in [5, 5.41) is 8.05. The van der Waals surface area contributed by atoms with Crippen LogP contribution in [0.1, 0.15) is 42.2 Å². The number of aromatic nitrogens is 2. The fourth-order valence-corrected chi connectivity index (χ4v) is 3.25. The molecule has 2 aromatic rings. The highest BCUT2D eigenvalue weighted by molar-refractivity contribution is 9.10. The average molecular weight is 350 g/mol. The Labute approximate surface area is 133 Å². The second kappa shape index (κ2) is 5.81. The van der Waals surface area contributed by atoms with E-state index < -0.39 is 0 Å². The third kappa shape index (κ3) is 2.85. The molecule has 0 fully saturated rings. The van der Waals surface area contributed by atoms with E-state index in [1.54, 1.807) is 0 Å². The molecule has 1 aromatic heterocycles. The minimum Gasteiger partial charge on any atom is -0.493 e. The number of aryl methyl sites for hydroxylation is 1. The van der Waals surface area contributed by atoms with Gasteiger partial charge in [-0.25, -0.2) is 0 Å². The van der Waals surface area contributed by atoms with Gasteiger partial charge in [0.1, 0.15) is 5.75 Å². The van der Waals surface area contributed by atoms with Crippen LogP contribution in [-0.2, 0) is 7.05 Å². The molecule has 5 heteroatoms. The number of nitrogens with zero attached hydrogens (tertiary/aromatic N) is 2. The minimum absolute atomic E-state index is 0.258. The lowest BCUT2D eigenvalue weighted by atomic mass is 9.98. The molecule has 0 saturated heterocycles. The predicted octanol–water partition coefficient (Wildman–Crippen LogP) is 3.67. The SMILES string of the molecule is Cc1c(C(C)NC2CCOc3ccc(Br)cc32)cnn1C. The maximum Gasteiger partial charge on any atom is 0.124 e. The molecule has 21 heavy (non-hydrogen) atoms. The molecule has 0 aliphatic carbocycles. The Morgan fingerprint density at radius 1 is 1.48 bits per heavy atom. The third-order valence-electron chi connectivity index (χ3n) is 4.20. The molecule has 0 amide bonds. The van der Waals surface area contributed by atoms with Crippen LogP contribution in [0, 0.1) is 6.92 Å². The highest BCUT2D eigenvalue weighted by Crippen LogP contribution is 2.35. The lowest BCUT2D eigenvalue weighted by Gasteiger charge is -2.29. The van der Waals surface area contributed by atoms with Crippen molar-refractivity contribution in [3.8, 4) is 5.75 Å². The highest BCUT2D eigenvalue weighted by Gasteiger charge is 2.24. The molecule has 1 aliphatic rings. The highest BCUT2D eigenvalue weighted by atomic mass is 79.9. The van der Waals surface area contributed by atoms with E-state index in [4.69, 9.17) is 4.74 Å². The van der Waals surface area contributed by atoms with Crippen LogP contribution in [0.3, 0.4) is 0 Å². The molecule has 2 heterocycles. The first-order chi connectivity index (χ1) is 10.1. The van der Waals surface area contributed by atoms with E-state index in [1.165, 1.54) is 16.8 Å². The molecule has 3 rings (SSSR count). The van der Waals surface area contributed by atoms with E-state index in [2.05, 4.69) is 46.3 Å². The largest absolute Gasteiger partial charge is 0.493 e. The van der Waals surface area contributed by atoms with Gasteiger partial charge in [0.05, 0.1) is 12.8 Å². The summed E-state index contributed by atoms with van der Waals surface area (Å²) in [6.07, 6.45) is 2.93. The monoisotopic (exact) mass is 349 g/mol. The first-order valence-electron chi connectivity index (χ1n) is 7.23. The van der Waals surface area contributed by atoms with Gasteiger partial charge in [0.15, 0.2) is 0 Å². The molecular weight excluding hydrogens is 330 g/mol. The Kier molecular flexibility index (Phi) is 4.04. The van der Waals surface area contributed by atoms with Crippen LogP contribution in [0.2, 0.25) is 0 Å². The molecule has 0 spiro atoms. The van der Waals surface area contributed by atoms with Gasteiger partial charge in [0.25, 0.3) is 0 Å². The molecule has 0 saturated carbocycles. The molecule has 1 aromatic carbocycles. The Balaban J connectivity index is 1.83. The number of benzene rings is 1. The molecule has 112 valence electrons. The molecule has 2 unspecified atom stereocenters. The summed E-state index contributed by atoms with van der Waals surface area (Å²) in [5.41, 5.74) is 3.68. The number of nitrogens with one attached hydrogen (secondary N) is 1. The van der Waals surface area contributed by atoms with Crippen molar-refractivity contribution in [2.45, 2.75) is 32.4 Å². The zero-order valence-electron chi connectivity index (χ0n) is 12.6. The maximum atomic E-state index is 5.75. The van der Waals surface area contributed by atoms with Crippen molar-refractivity contribution in [1.29, 1.82) is 0 Å². The first-order valence-corrected chi connectivity index (χ1v) is 8.02. The van der Waals surface area contributed by atoms with Crippen molar-refractivity contribution in [1.82, 2.24) is 15.1 Å². The lowest BCUT2D eigenvalue weighted by Crippen LogP contribution is -2.29. The summed E-state index contributed by atoms with van der Waals surface area (Å²) in [6, 6.07) is 6.77. The van der Waals surface area contributed by atoms with Crippen LogP contribution >= 0.6 is 15.9 Å². The van der Waals surface area contributed by atoms with Crippen molar-refractivity contribution in [2.24, 2.45) is 7.05 Å². The molecule has 0 bridgehead atoms. The standard InChI is InChI=1S/C16H20BrN3O/c1-10(14-9-18-20(3)11(14)2)19-15-6-7-21-16-5-4-12(17)8-13(15)16/h4-5,8-10,15,19H,6-7H2,1-3H3. The summed E-state index contributed by atoms with van der Waals surface area (Å²) >= 11 is 3.55. The van der Waals surface area contributed by atoms with Crippen LogP contribution in [0.4, 0.5) is 0 Å². The van der Waals surface area contributed by atoms with E-state index >= 15 is 0 Å². The fraction of sp³-hybridized carbons (Fsp3) is 0.438. The van der Waals surface area contributed by atoms with E-state index in [0.717, 1.165) is 23.2 Å². The van der Waals surface area contributed by atoms with Crippen LogP contribution in [-0.4, -0.2) is 16.4 Å². The predicted molar refractivity (Wildman–Crippen MR) is 86.5 cm³/mol. The van der Waals surface area contributed by atoms with E-state index in [9.17, 15) is 0 Å². The van der Waals surface area contributed by atoms with Crippen molar-refractivity contribution in [2.75, 3.05) is 6.61 Å². The number of fused-ring (bicyclic) bond motifs is 1. The van der Waals surface area contributed by atoms with Gasteiger partial charge < -0.3 is 10.1 Å². The Bertz CT molecular complexity index is 653. The van der Waals surface area contributed by atoms with E-state index in [-0.39, 0.29) is 6.04 Å². The van der Waals surface area contributed by atoms with Gasteiger partial charge in [-0.2, -0.15) is 5.10 Å². The second-order valence-corrected chi connectivity index (χ2v) is 6.48. The number of ether oxygens (including phenoxy) is 1. The van der Waals surface area contributed by atoms with Crippen LogP contribution in [0.15, 0.2) is 28.9 Å². The van der Waals surface area contributed by atoms with Crippen molar-refractivity contribution >= 4 is 15.9 Å². The van der Waals surface area contributed by atoms with Gasteiger partial charge >= 0.3 is 0 Å². The van der Waals surface area contributed by atoms with Gasteiger partial charge in [-0.3, -0.25) is 4.68 Å². The lowest BCUT2D eigenvalue weighted by molar-refractivity contribution is 0.246. The zero-order valence-corrected chi connectivity index (χ0v) is 14.1. The quantitative estimate of drug-likeness (QED) is 0.918. The second-order valence-electron chi connectivity index (χ2n) is 5.57. The topological polar surface area (TPSA) is 39.1 Å². The van der Waals surface area contributed by atoms with Gasteiger partial charge in [-0.1, -0.05) is 15.9 Å². The normalized spacial score (nSPS) is 19.0. The summed E-state index contributed by atoms with van der Waals surface area (Å²) in [6.45, 7) is 5.05. The van der Waals surface area contributed by atoms with Crippen LogP contribution < -0.4 is 10.1 Å². The van der Waals surface area contributed by atoms with E-state index in [1.807, 2.05) is 30.1 Å². The summed E-state index contributed by atoms with van der Waals surface area (Å²) in [4.78, 5) is 0. The van der Waals surface area contributed by atoms with E-state index in [0.29, 0.717) is 6.04 Å². The average Bonchev–Trinajstić information content (AvgIpc) is 2.80. The molecule has 4 nitrogen and oxygen atoms in total. The Hall–Kier alpha value is -1.33. The van der Waals surface area contributed by atoms with Gasteiger partial charge in [0.2, 0.25) is 0 Å². The maximum absolute atomic E-state index is 5.75. The van der Waals surface area contributed by atoms with Crippen molar-refractivity contribution in [3.63, 3.8) is 0 Å². The van der Waals surface area contributed by atoms with Crippen molar-refractivity contribution in [3.05, 3.63) is 45.7 Å². The summed E-state index contributed by atoms with van der Waals surface area (Å²) in [7, 11) is 1.98. The van der Waals surface area contributed by atoms with Gasteiger partial charge in [-0.05, 0) is 32.0 Å². The number of rotatable bonds is 3. The third-order valence-corrected chi connectivity index (χ3v) is 4.70. The Morgan fingerprint density at radius 2 is 2.29 bits per heavy atom. The minimum atomic E-state index is 0.258. The smallest absolute Gasteiger partial charge is 0.124 e. The Morgan fingerprint density at radius 3 is 3.00 bits per heavy atom. The summed E-state index contributed by atoms with van der Waals surface area (Å²) in [5.74, 6) is 0.983. The molecule has 2 atom stereocenters. The van der Waals surface area contributed by atoms with Crippen LogP contribution in [0.5, 0.6) is 5.75 Å². The first kappa shape index (κ1) is 14.6. The molecule has 0 radical (unpaired) electrons. The van der Waals surface area contributed by atoms with Gasteiger partial charge in [0, 0.05) is 46.8 Å². The molecule has 1 N–H and O–H groups in total. The number of halogens is 1. The van der Waals surface area contributed by atoms with Gasteiger partial charge in [-0.15, -0.1) is 0 Å². The number of hydrogen-bond acceptors (Lipinski definition) is 3. The molecular formula is C16H20BrN3O. The molecule has 1 aliphatic heterocycles. The fourth-order valence-electron chi connectivity index (χ4n) is 2.87. The number of hydrogen-bond donors (Lipinski definition) is 1. The van der Waals surface area contributed by atoms with Crippen LogP contribution in [0.25, 0.3) is 0 Å². The van der Waals surface area contributed by atoms with Crippen molar-refractivity contribution < 1.29 is 4.74 Å². The summed E-state index contributed by atoms with van der Waals surface area (Å²) < 4.78 is 8.75.